The monoisotopic (exact) mass is 409 g/mol. The Bertz CT molecular complexity index is 733. The Morgan fingerprint density at radius 3 is 2.62 bits per heavy atom. The van der Waals surface area contributed by atoms with Crippen LogP contribution in [-0.2, 0) is 4.79 Å². The Kier molecular flexibility index (Phi) is 6.63. The summed E-state index contributed by atoms with van der Waals surface area (Å²) in [4.78, 5) is 13.7. The first kappa shape index (κ1) is 18.3. The van der Waals surface area contributed by atoms with Gasteiger partial charge < -0.3 is 9.64 Å². The van der Waals surface area contributed by atoms with E-state index in [1.54, 1.807) is 24.4 Å². The normalized spacial score (nSPS) is 10.7. The minimum absolute atomic E-state index is 0.142. The molecule has 5 nitrogen and oxygen atoms in total. The Labute approximate surface area is 154 Å². The molecule has 0 fully saturated rings. The van der Waals surface area contributed by atoms with Crippen LogP contribution in [-0.4, -0.2) is 32.8 Å². The van der Waals surface area contributed by atoms with Gasteiger partial charge in [-0.25, -0.2) is 5.43 Å². The smallest absolute Gasteiger partial charge is 0.277 e. The lowest BCUT2D eigenvalue weighted by Crippen LogP contribution is -2.24. The fourth-order valence-corrected chi connectivity index (χ4v) is 2.60. The average molecular weight is 411 g/mol. The van der Waals surface area contributed by atoms with Gasteiger partial charge in [-0.1, -0.05) is 23.7 Å². The summed E-state index contributed by atoms with van der Waals surface area (Å²) in [5, 5.41) is 4.50. The number of rotatable bonds is 6. The summed E-state index contributed by atoms with van der Waals surface area (Å²) in [6, 6.07) is 12.9. The molecule has 0 spiro atoms. The Hall–Kier alpha value is -2.05. The van der Waals surface area contributed by atoms with Crippen molar-refractivity contribution in [2.24, 2.45) is 5.10 Å². The second kappa shape index (κ2) is 8.70. The predicted molar refractivity (Wildman–Crippen MR) is 101 cm³/mol. The van der Waals surface area contributed by atoms with Crippen LogP contribution in [0, 0.1) is 0 Å². The molecule has 0 bridgehead atoms. The maximum absolute atomic E-state index is 11.7. The number of nitrogens with one attached hydrogen (secondary N) is 1. The number of halogens is 2. The molecule has 0 aliphatic rings. The van der Waals surface area contributed by atoms with E-state index in [0.29, 0.717) is 15.2 Å². The predicted octanol–water partition coefficient (Wildman–Crippen LogP) is 3.70. The number of carbonyl (C=O) groups is 1. The first-order chi connectivity index (χ1) is 11.5. The zero-order chi connectivity index (χ0) is 17.5. The van der Waals surface area contributed by atoms with E-state index in [0.717, 1.165) is 11.3 Å². The van der Waals surface area contributed by atoms with Crippen molar-refractivity contribution in [3.05, 3.63) is 57.5 Å². The van der Waals surface area contributed by atoms with Gasteiger partial charge in [0.25, 0.3) is 5.91 Å². The highest BCUT2D eigenvalue weighted by Gasteiger charge is 2.05. The Morgan fingerprint density at radius 2 is 2.00 bits per heavy atom. The molecular formula is C17H17BrClN3O2. The lowest BCUT2D eigenvalue weighted by atomic mass is 10.2. The highest BCUT2D eigenvalue weighted by molar-refractivity contribution is 9.10. The number of hydrazone groups is 1. The van der Waals surface area contributed by atoms with Crippen molar-refractivity contribution in [1.82, 2.24) is 5.43 Å². The number of anilines is 1. The van der Waals surface area contributed by atoms with E-state index in [2.05, 4.69) is 26.5 Å². The number of nitrogens with zero attached hydrogens (tertiary/aromatic N) is 2. The van der Waals surface area contributed by atoms with E-state index in [9.17, 15) is 4.79 Å². The second-order valence-corrected chi connectivity index (χ2v) is 6.43. The summed E-state index contributed by atoms with van der Waals surface area (Å²) in [6.07, 6.45) is 1.58. The first-order valence-corrected chi connectivity index (χ1v) is 8.30. The molecule has 0 aromatic heterocycles. The zero-order valence-corrected chi connectivity index (χ0v) is 15.6. The second-order valence-electron chi connectivity index (χ2n) is 5.14. The maximum Gasteiger partial charge on any atom is 0.277 e. The third-order valence-electron chi connectivity index (χ3n) is 3.07. The fourth-order valence-electron chi connectivity index (χ4n) is 1.81. The van der Waals surface area contributed by atoms with Gasteiger partial charge in [-0.05, 0) is 51.8 Å². The molecule has 0 aliphatic carbocycles. The number of hydrogen-bond acceptors (Lipinski definition) is 4. The molecule has 7 heteroatoms. The summed E-state index contributed by atoms with van der Waals surface area (Å²) in [5.74, 6) is 0.191. The van der Waals surface area contributed by atoms with E-state index < -0.39 is 0 Å². The molecule has 0 aliphatic heterocycles. The van der Waals surface area contributed by atoms with Crippen molar-refractivity contribution in [3.8, 4) is 5.75 Å². The minimum Gasteiger partial charge on any atom is -0.483 e. The van der Waals surface area contributed by atoms with Gasteiger partial charge in [-0.2, -0.15) is 5.10 Å². The van der Waals surface area contributed by atoms with E-state index in [4.69, 9.17) is 16.3 Å². The minimum atomic E-state index is -0.349. The molecule has 0 atom stereocenters. The van der Waals surface area contributed by atoms with Gasteiger partial charge in [0.05, 0.1) is 10.7 Å². The standard InChI is InChI=1S/C17H17BrClN3O2/c1-22(2)14-6-3-12(4-7-14)10-20-21-17(23)11-24-16-8-5-13(19)9-15(16)18/h3-10H,11H2,1-2H3,(H,21,23)/b20-10+. The van der Waals surface area contributed by atoms with E-state index >= 15 is 0 Å². The summed E-state index contributed by atoms with van der Waals surface area (Å²) < 4.78 is 6.09. The van der Waals surface area contributed by atoms with Crippen LogP contribution in [0.2, 0.25) is 5.02 Å². The molecule has 24 heavy (non-hydrogen) atoms. The van der Waals surface area contributed by atoms with Crippen molar-refractivity contribution in [2.45, 2.75) is 0 Å². The number of hydrogen-bond donors (Lipinski definition) is 1. The summed E-state index contributed by atoms with van der Waals surface area (Å²) in [7, 11) is 3.95. The van der Waals surface area contributed by atoms with E-state index in [1.807, 2.05) is 43.3 Å². The first-order valence-electron chi connectivity index (χ1n) is 7.13. The number of ether oxygens (including phenoxy) is 1. The van der Waals surface area contributed by atoms with Gasteiger partial charge in [0, 0.05) is 24.8 Å². The molecule has 1 N–H and O–H groups in total. The third-order valence-corrected chi connectivity index (χ3v) is 3.92. The molecule has 0 heterocycles. The lowest BCUT2D eigenvalue weighted by Gasteiger charge is -2.11. The molecule has 1 amide bonds. The van der Waals surface area contributed by atoms with Crippen LogP contribution in [0.25, 0.3) is 0 Å². The van der Waals surface area contributed by atoms with Gasteiger partial charge >= 0.3 is 0 Å². The molecule has 2 aromatic carbocycles. The largest absolute Gasteiger partial charge is 0.483 e. The topological polar surface area (TPSA) is 53.9 Å². The molecule has 2 rings (SSSR count). The van der Waals surface area contributed by atoms with E-state index in [1.165, 1.54) is 0 Å². The molecule has 0 saturated carbocycles. The lowest BCUT2D eigenvalue weighted by molar-refractivity contribution is -0.123. The van der Waals surface area contributed by atoms with Crippen molar-refractivity contribution in [1.29, 1.82) is 0 Å². The van der Waals surface area contributed by atoms with Gasteiger partial charge in [0.1, 0.15) is 5.75 Å². The fraction of sp³-hybridized carbons (Fsp3) is 0.176. The quantitative estimate of drug-likeness (QED) is 0.583. The highest BCUT2D eigenvalue weighted by Crippen LogP contribution is 2.27. The summed E-state index contributed by atoms with van der Waals surface area (Å²) in [5.41, 5.74) is 4.41. The molecule has 126 valence electrons. The summed E-state index contributed by atoms with van der Waals surface area (Å²) in [6.45, 7) is -0.142. The summed E-state index contributed by atoms with van der Waals surface area (Å²) >= 11 is 9.17. The highest BCUT2D eigenvalue weighted by atomic mass is 79.9. The molecule has 0 radical (unpaired) electrons. The van der Waals surface area contributed by atoms with Crippen LogP contribution in [0.3, 0.4) is 0 Å². The van der Waals surface area contributed by atoms with Crippen LogP contribution in [0.1, 0.15) is 5.56 Å². The number of amides is 1. The molecule has 2 aromatic rings. The number of benzene rings is 2. The number of carbonyl (C=O) groups excluding carboxylic acids is 1. The van der Waals surface area contributed by atoms with Crippen LogP contribution in [0.15, 0.2) is 52.0 Å². The SMILES string of the molecule is CN(C)c1ccc(/C=N/NC(=O)COc2ccc(Cl)cc2Br)cc1. The Morgan fingerprint density at radius 1 is 1.29 bits per heavy atom. The van der Waals surface area contributed by atoms with Crippen molar-refractivity contribution >= 4 is 45.3 Å². The van der Waals surface area contributed by atoms with Gasteiger partial charge in [-0.3, -0.25) is 4.79 Å². The van der Waals surface area contributed by atoms with Gasteiger partial charge in [-0.15, -0.1) is 0 Å². The average Bonchev–Trinajstić information content (AvgIpc) is 2.54. The third kappa shape index (κ3) is 5.54. The van der Waals surface area contributed by atoms with Gasteiger partial charge in [0.15, 0.2) is 6.61 Å². The molecule has 0 unspecified atom stereocenters. The van der Waals surface area contributed by atoms with Crippen LogP contribution >= 0.6 is 27.5 Å². The van der Waals surface area contributed by atoms with Gasteiger partial charge in [0.2, 0.25) is 0 Å². The van der Waals surface area contributed by atoms with Crippen molar-refractivity contribution in [3.63, 3.8) is 0 Å². The van der Waals surface area contributed by atoms with Crippen molar-refractivity contribution in [2.75, 3.05) is 25.6 Å². The van der Waals surface area contributed by atoms with Crippen LogP contribution in [0.4, 0.5) is 5.69 Å². The van der Waals surface area contributed by atoms with Crippen LogP contribution in [0.5, 0.6) is 5.75 Å². The zero-order valence-electron chi connectivity index (χ0n) is 13.3. The Balaban J connectivity index is 1.82. The van der Waals surface area contributed by atoms with E-state index in [-0.39, 0.29) is 12.5 Å². The molecular weight excluding hydrogens is 394 g/mol. The van der Waals surface area contributed by atoms with Crippen LogP contribution < -0.4 is 15.1 Å². The molecule has 0 saturated heterocycles. The maximum atomic E-state index is 11.7. The van der Waals surface area contributed by atoms with Crippen molar-refractivity contribution < 1.29 is 9.53 Å².